The van der Waals surface area contributed by atoms with E-state index in [2.05, 4.69) is 20.4 Å². The minimum Gasteiger partial charge on any atom is -0.507 e. The number of carbonyl (C=O) groups excluding carboxylic acids is 1. The van der Waals surface area contributed by atoms with E-state index >= 15 is 0 Å². The maximum absolute atomic E-state index is 13.0. The van der Waals surface area contributed by atoms with Crippen molar-refractivity contribution in [2.24, 2.45) is 0 Å². The minimum atomic E-state index is -0.497. The second kappa shape index (κ2) is 12.8. The number of aromatic hydroxyl groups is 1. The quantitative estimate of drug-likeness (QED) is 0.338. The van der Waals surface area contributed by atoms with E-state index < -0.39 is 5.91 Å². The largest absolute Gasteiger partial charge is 0.507 e. The third-order valence-electron chi connectivity index (χ3n) is 7.31. The van der Waals surface area contributed by atoms with Gasteiger partial charge in [-0.15, -0.1) is 0 Å². The number of benzene rings is 2. The molecule has 0 aliphatic carbocycles. The highest BCUT2D eigenvalue weighted by molar-refractivity contribution is 6.06. The standard InChI is InChI=1S/C29H37N7O5/c1-39-23-17-20(18-24(40-2)25(23)41-3)30-26(38)21-11-10-19(16-22(21)37)31-27-32-28(35-12-6-4-7-13-35)34-29(33-27)36-14-8-5-9-15-36/h10-11,16-18,37H,4-9,12-15H2,1-3H3,(H,30,38)(H,31,32,33,34). The van der Waals surface area contributed by atoms with Gasteiger partial charge in [-0.3, -0.25) is 4.79 Å². The molecule has 12 heteroatoms. The molecule has 0 spiro atoms. The summed E-state index contributed by atoms with van der Waals surface area (Å²) in [6, 6.07) is 7.97. The number of methoxy groups -OCH3 is 3. The van der Waals surface area contributed by atoms with Crippen LogP contribution in [-0.4, -0.2) is 73.5 Å². The van der Waals surface area contributed by atoms with Crippen LogP contribution in [0.4, 0.5) is 29.2 Å². The first kappa shape index (κ1) is 28.1. The molecular formula is C29H37N7O5. The molecule has 3 N–H and O–H groups in total. The lowest BCUT2D eigenvalue weighted by Crippen LogP contribution is -2.34. The zero-order valence-electron chi connectivity index (χ0n) is 23.8. The number of carbonyl (C=O) groups is 1. The Morgan fingerprint density at radius 3 is 1.80 bits per heavy atom. The highest BCUT2D eigenvalue weighted by atomic mass is 16.5. The van der Waals surface area contributed by atoms with E-state index in [1.54, 1.807) is 24.3 Å². The van der Waals surface area contributed by atoms with E-state index in [9.17, 15) is 9.90 Å². The molecule has 12 nitrogen and oxygen atoms in total. The van der Waals surface area contributed by atoms with Crippen LogP contribution in [0.1, 0.15) is 48.9 Å². The van der Waals surface area contributed by atoms with Crippen LogP contribution in [0.2, 0.25) is 0 Å². The van der Waals surface area contributed by atoms with Crippen molar-refractivity contribution in [1.29, 1.82) is 0 Å². The molecule has 2 aromatic carbocycles. The van der Waals surface area contributed by atoms with Crippen molar-refractivity contribution in [3.05, 3.63) is 35.9 Å². The zero-order valence-corrected chi connectivity index (χ0v) is 23.8. The maximum atomic E-state index is 13.0. The van der Waals surface area contributed by atoms with Gasteiger partial charge in [-0.1, -0.05) is 0 Å². The number of anilines is 5. The smallest absolute Gasteiger partial charge is 0.259 e. The number of phenolic OH excluding ortho intramolecular Hbond substituents is 1. The Bertz CT molecular complexity index is 1310. The topological polar surface area (TPSA) is 134 Å². The van der Waals surface area contributed by atoms with Crippen molar-refractivity contribution in [3.63, 3.8) is 0 Å². The number of hydrogen-bond donors (Lipinski definition) is 3. The van der Waals surface area contributed by atoms with Gasteiger partial charge in [-0.2, -0.15) is 15.0 Å². The van der Waals surface area contributed by atoms with Gasteiger partial charge in [0.1, 0.15) is 5.75 Å². The highest BCUT2D eigenvalue weighted by Gasteiger charge is 2.21. The number of aromatic nitrogens is 3. The van der Waals surface area contributed by atoms with Gasteiger partial charge in [0.15, 0.2) is 11.5 Å². The first-order valence-electron chi connectivity index (χ1n) is 14.0. The van der Waals surface area contributed by atoms with Crippen LogP contribution in [0, 0.1) is 0 Å². The first-order valence-corrected chi connectivity index (χ1v) is 14.0. The number of piperidine rings is 2. The molecular weight excluding hydrogens is 526 g/mol. The fourth-order valence-electron chi connectivity index (χ4n) is 5.16. The van der Waals surface area contributed by atoms with Crippen molar-refractivity contribution < 1.29 is 24.1 Å². The average molecular weight is 564 g/mol. The van der Waals surface area contributed by atoms with Gasteiger partial charge in [0.05, 0.1) is 26.9 Å². The van der Waals surface area contributed by atoms with E-state index in [4.69, 9.17) is 29.2 Å². The predicted molar refractivity (Wildman–Crippen MR) is 157 cm³/mol. The van der Waals surface area contributed by atoms with Crippen molar-refractivity contribution in [1.82, 2.24) is 15.0 Å². The Labute approximate surface area is 239 Å². The third kappa shape index (κ3) is 6.47. The molecule has 2 saturated heterocycles. The van der Waals surface area contributed by atoms with Gasteiger partial charge in [0, 0.05) is 55.8 Å². The Morgan fingerprint density at radius 1 is 0.756 bits per heavy atom. The maximum Gasteiger partial charge on any atom is 0.259 e. The van der Waals surface area contributed by atoms with E-state index in [1.165, 1.54) is 40.2 Å². The van der Waals surface area contributed by atoms with Crippen LogP contribution in [0.25, 0.3) is 0 Å². The predicted octanol–water partition coefficient (Wildman–Crippen LogP) is 4.58. The van der Waals surface area contributed by atoms with Crippen LogP contribution in [0.5, 0.6) is 23.0 Å². The Morgan fingerprint density at radius 2 is 1.32 bits per heavy atom. The van der Waals surface area contributed by atoms with E-state index in [0.29, 0.717) is 46.5 Å². The van der Waals surface area contributed by atoms with Gasteiger partial charge in [0.2, 0.25) is 23.6 Å². The molecule has 0 radical (unpaired) electrons. The summed E-state index contributed by atoms with van der Waals surface area (Å²) in [4.78, 5) is 31.7. The summed E-state index contributed by atoms with van der Waals surface area (Å²) < 4.78 is 16.1. The Hall–Kier alpha value is -4.48. The van der Waals surface area contributed by atoms with Crippen molar-refractivity contribution in [3.8, 4) is 23.0 Å². The summed E-state index contributed by atoms with van der Waals surface area (Å²) in [7, 11) is 4.50. The van der Waals surface area contributed by atoms with Gasteiger partial charge < -0.3 is 39.8 Å². The molecule has 3 heterocycles. The lowest BCUT2D eigenvalue weighted by Gasteiger charge is -2.30. The molecule has 1 amide bonds. The molecule has 1 aromatic heterocycles. The number of nitrogens with one attached hydrogen (secondary N) is 2. The van der Waals surface area contributed by atoms with Crippen LogP contribution in [0.3, 0.4) is 0 Å². The molecule has 2 fully saturated rings. The summed E-state index contributed by atoms with van der Waals surface area (Å²) in [5.74, 6) is 2.24. The van der Waals surface area contributed by atoms with Crippen LogP contribution >= 0.6 is 0 Å². The SMILES string of the molecule is COc1cc(NC(=O)c2ccc(Nc3nc(N4CCCCC4)nc(N4CCCCC4)n3)cc2O)cc(OC)c1OC. The zero-order chi connectivity index (χ0) is 28.8. The molecule has 0 bridgehead atoms. The number of ether oxygens (including phenoxy) is 3. The summed E-state index contributed by atoms with van der Waals surface area (Å²) in [5, 5.41) is 16.8. The molecule has 2 aliphatic heterocycles. The van der Waals surface area contributed by atoms with E-state index in [-0.39, 0.29) is 11.3 Å². The molecule has 0 unspecified atom stereocenters. The summed E-state index contributed by atoms with van der Waals surface area (Å²) in [6.07, 6.45) is 6.87. The molecule has 41 heavy (non-hydrogen) atoms. The fraction of sp³-hybridized carbons (Fsp3) is 0.448. The summed E-state index contributed by atoms with van der Waals surface area (Å²) >= 11 is 0. The molecule has 218 valence electrons. The van der Waals surface area contributed by atoms with Gasteiger partial charge in [-0.25, -0.2) is 0 Å². The molecule has 0 atom stereocenters. The molecule has 5 rings (SSSR count). The second-order valence-electron chi connectivity index (χ2n) is 10.1. The Balaban J connectivity index is 1.36. The fourth-order valence-corrected chi connectivity index (χ4v) is 5.16. The number of amides is 1. The normalized spacial score (nSPS) is 15.3. The number of rotatable bonds is 9. The van der Waals surface area contributed by atoms with Crippen molar-refractivity contribution in [2.75, 3.05) is 67.9 Å². The van der Waals surface area contributed by atoms with E-state index in [1.807, 2.05) is 0 Å². The summed E-state index contributed by atoms with van der Waals surface area (Å²) in [6.45, 7) is 3.66. The van der Waals surface area contributed by atoms with Crippen LogP contribution in [0.15, 0.2) is 30.3 Å². The monoisotopic (exact) mass is 563 g/mol. The van der Waals surface area contributed by atoms with Crippen LogP contribution < -0.4 is 34.6 Å². The molecule has 0 saturated carbocycles. The third-order valence-corrected chi connectivity index (χ3v) is 7.31. The molecule has 3 aromatic rings. The van der Waals surface area contributed by atoms with Gasteiger partial charge in [0.25, 0.3) is 5.91 Å². The lowest BCUT2D eigenvalue weighted by molar-refractivity contribution is 0.102. The highest BCUT2D eigenvalue weighted by Crippen LogP contribution is 2.40. The first-order chi connectivity index (χ1) is 20.0. The summed E-state index contributed by atoms with van der Waals surface area (Å²) in [5.41, 5.74) is 1.07. The van der Waals surface area contributed by atoms with Gasteiger partial charge in [-0.05, 0) is 50.7 Å². The molecule has 2 aliphatic rings. The van der Waals surface area contributed by atoms with Crippen LogP contribution in [-0.2, 0) is 0 Å². The number of phenols is 1. The van der Waals surface area contributed by atoms with Crippen molar-refractivity contribution in [2.45, 2.75) is 38.5 Å². The second-order valence-corrected chi connectivity index (χ2v) is 10.1. The van der Waals surface area contributed by atoms with Crippen molar-refractivity contribution >= 4 is 35.1 Å². The lowest BCUT2D eigenvalue weighted by atomic mass is 10.1. The number of hydrogen-bond acceptors (Lipinski definition) is 11. The van der Waals surface area contributed by atoms with Gasteiger partial charge >= 0.3 is 0 Å². The van der Waals surface area contributed by atoms with E-state index in [0.717, 1.165) is 51.9 Å². The Kier molecular flexibility index (Phi) is 8.76. The number of nitrogens with zero attached hydrogens (tertiary/aromatic N) is 5. The average Bonchev–Trinajstić information content (AvgIpc) is 3.01. The minimum absolute atomic E-state index is 0.1000.